The molecule has 1 N–H and O–H groups in total. The summed E-state index contributed by atoms with van der Waals surface area (Å²) in [4.78, 5) is 2.94. The molecular formula is C12H16N4. The highest BCUT2D eigenvalue weighted by Crippen LogP contribution is 2.24. The van der Waals surface area contributed by atoms with Crippen LogP contribution in [-0.4, -0.2) is 12.1 Å². The molecule has 2 atom stereocenters. The molecule has 84 valence electrons. The van der Waals surface area contributed by atoms with Gasteiger partial charge in [-0.05, 0) is 30.5 Å². The van der Waals surface area contributed by atoms with Crippen LogP contribution in [0, 0.1) is 0 Å². The van der Waals surface area contributed by atoms with Gasteiger partial charge in [0.2, 0.25) is 0 Å². The maximum atomic E-state index is 8.53. The standard InChI is InChI=1S/C12H16N4/c13-16-15-12-9-5-4-8-11(12)14-10-6-2-1-3-7-10/h1-3,6-7,11-12,14H,4-5,8-9H2/t11-,12-/m1/s1. The van der Waals surface area contributed by atoms with E-state index in [1.54, 1.807) is 0 Å². The summed E-state index contributed by atoms with van der Waals surface area (Å²) < 4.78 is 0. The molecule has 1 saturated carbocycles. The van der Waals surface area contributed by atoms with Crippen molar-refractivity contribution in [1.29, 1.82) is 0 Å². The van der Waals surface area contributed by atoms with Gasteiger partial charge in [0.15, 0.2) is 0 Å². The van der Waals surface area contributed by atoms with Gasteiger partial charge in [-0.25, -0.2) is 0 Å². The molecule has 0 amide bonds. The zero-order valence-electron chi connectivity index (χ0n) is 9.21. The average molecular weight is 216 g/mol. The Labute approximate surface area is 95.3 Å². The summed E-state index contributed by atoms with van der Waals surface area (Å²) in [7, 11) is 0. The van der Waals surface area contributed by atoms with E-state index in [0.29, 0.717) is 0 Å². The lowest BCUT2D eigenvalue weighted by atomic mass is 9.91. The van der Waals surface area contributed by atoms with Crippen LogP contribution < -0.4 is 5.32 Å². The van der Waals surface area contributed by atoms with Gasteiger partial charge in [0.1, 0.15) is 0 Å². The lowest BCUT2D eigenvalue weighted by Gasteiger charge is -2.29. The van der Waals surface area contributed by atoms with E-state index in [1.807, 2.05) is 30.3 Å². The summed E-state index contributed by atoms with van der Waals surface area (Å²) in [5, 5.41) is 7.33. The monoisotopic (exact) mass is 216 g/mol. The lowest BCUT2D eigenvalue weighted by molar-refractivity contribution is 0.403. The molecule has 0 aromatic heterocycles. The van der Waals surface area contributed by atoms with Crippen LogP contribution in [-0.2, 0) is 0 Å². The molecule has 0 bridgehead atoms. The molecule has 16 heavy (non-hydrogen) atoms. The first-order valence-electron chi connectivity index (χ1n) is 5.76. The zero-order chi connectivity index (χ0) is 11.2. The van der Waals surface area contributed by atoms with Gasteiger partial charge in [-0.15, -0.1) is 0 Å². The van der Waals surface area contributed by atoms with E-state index < -0.39 is 0 Å². The molecule has 0 aliphatic heterocycles. The first kappa shape index (κ1) is 10.8. The molecule has 0 unspecified atom stereocenters. The predicted octanol–water partition coefficient (Wildman–Crippen LogP) is 3.72. The van der Waals surface area contributed by atoms with Crippen LogP contribution in [0.1, 0.15) is 25.7 Å². The number of nitrogens with one attached hydrogen (secondary N) is 1. The third-order valence-corrected chi connectivity index (χ3v) is 3.06. The molecule has 0 saturated heterocycles. The number of azide groups is 1. The lowest BCUT2D eigenvalue weighted by Crippen LogP contribution is -2.34. The maximum absolute atomic E-state index is 8.53. The Bertz CT molecular complexity index is 370. The van der Waals surface area contributed by atoms with Gasteiger partial charge in [0, 0.05) is 16.6 Å². The first-order valence-corrected chi connectivity index (χ1v) is 5.76. The van der Waals surface area contributed by atoms with Crippen LogP contribution in [0.4, 0.5) is 5.69 Å². The number of rotatable bonds is 3. The summed E-state index contributed by atoms with van der Waals surface area (Å²) in [5.74, 6) is 0. The Kier molecular flexibility index (Phi) is 3.67. The second kappa shape index (κ2) is 5.42. The number of nitrogens with zero attached hydrogens (tertiary/aromatic N) is 3. The van der Waals surface area contributed by atoms with E-state index in [1.165, 1.54) is 6.42 Å². The Morgan fingerprint density at radius 2 is 1.94 bits per heavy atom. The van der Waals surface area contributed by atoms with Crippen molar-refractivity contribution in [1.82, 2.24) is 0 Å². The van der Waals surface area contributed by atoms with Gasteiger partial charge < -0.3 is 5.32 Å². The van der Waals surface area contributed by atoms with Gasteiger partial charge >= 0.3 is 0 Å². The summed E-state index contributed by atoms with van der Waals surface area (Å²) in [5.41, 5.74) is 9.64. The van der Waals surface area contributed by atoms with Gasteiger partial charge in [0.05, 0.1) is 6.04 Å². The minimum absolute atomic E-state index is 0.0963. The second-order valence-electron chi connectivity index (χ2n) is 4.17. The summed E-state index contributed by atoms with van der Waals surface area (Å²) >= 11 is 0. The minimum Gasteiger partial charge on any atom is -0.382 e. The first-order chi connectivity index (χ1) is 7.90. The number of benzene rings is 1. The summed E-state index contributed by atoms with van der Waals surface area (Å²) in [6.07, 6.45) is 4.45. The van der Waals surface area contributed by atoms with Gasteiger partial charge in [-0.3, -0.25) is 0 Å². The third kappa shape index (κ3) is 2.67. The van der Waals surface area contributed by atoms with Crippen LogP contribution in [0.2, 0.25) is 0 Å². The van der Waals surface area contributed by atoms with Crippen LogP contribution in [0.5, 0.6) is 0 Å². The number of para-hydroxylation sites is 1. The van der Waals surface area contributed by atoms with Crippen molar-refractivity contribution in [2.75, 3.05) is 5.32 Å². The molecule has 4 nitrogen and oxygen atoms in total. The van der Waals surface area contributed by atoms with Crippen molar-refractivity contribution in [2.24, 2.45) is 5.11 Å². The molecule has 1 fully saturated rings. The molecule has 2 rings (SSSR count). The van der Waals surface area contributed by atoms with E-state index in [2.05, 4.69) is 15.3 Å². The number of hydrogen-bond donors (Lipinski definition) is 1. The predicted molar refractivity (Wildman–Crippen MR) is 65.3 cm³/mol. The van der Waals surface area contributed by atoms with Crippen molar-refractivity contribution in [2.45, 2.75) is 37.8 Å². The molecule has 0 spiro atoms. The Balaban J connectivity index is 2.04. The molecule has 1 aliphatic carbocycles. The van der Waals surface area contributed by atoms with Gasteiger partial charge in [-0.2, -0.15) is 0 Å². The zero-order valence-corrected chi connectivity index (χ0v) is 9.21. The van der Waals surface area contributed by atoms with E-state index >= 15 is 0 Å². The molecule has 1 aromatic rings. The number of anilines is 1. The smallest absolute Gasteiger partial charge is 0.0575 e. The van der Waals surface area contributed by atoms with Gasteiger partial charge in [-0.1, -0.05) is 36.2 Å². The maximum Gasteiger partial charge on any atom is 0.0575 e. The molecule has 0 heterocycles. The van der Waals surface area contributed by atoms with Crippen LogP contribution in [0.25, 0.3) is 10.4 Å². The highest BCUT2D eigenvalue weighted by molar-refractivity contribution is 5.43. The van der Waals surface area contributed by atoms with Crippen molar-refractivity contribution < 1.29 is 0 Å². The van der Waals surface area contributed by atoms with Gasteiger partial charge in [0.25, 0.3) is 0 Å². The van der Waals surface area contributed by atoms with Crippen molar-refractivity contribution >= 4 is 5.69 Å². The fourth-order valence-electron chi connectivity index (χ4n) is 2.23. The normalized spacial score (nSPS) is 24.5. The van der Waals surface area contributed by atoms with E-state index in [0.717, 1.165) is 24.9 Å². The summed E-state index contributed by atoms with van der Waals surface area (Å²) in [6.45, 7) is 0. The number of hydrogen-bond acceptors (Lipinski definition) is 2. The Morgan fingerprint density at radius 3 is 2.69 bits per heavy atom. The highest BCUT2D eigenvalue weighted by Gasteiger charge is 2.23. The van der Waals surface area contributed by atoms with Crippen molar-refractivity contribution in [3.05, 3.63) is 40.8 Å². The molecule has 0 radical (unpaired) electrons. The largest absolute Gasteiger partial charge is 0.382 e. The molecule has 4 heteroatoms. The fraction of sp³-hybridized carbons (Fsp3) is 0.500. The fourth-order valence-corrected chi connectivity index (χ4v) is 2.23. The molecular weight excluding hydrogens is 200 g/mol. The Morgan fingerprint density at radius 1 is 1.19 bits per heavy atom. The second-order valence-corrected chi connectivity index (χ2v) is 4.17. The molecule has 1 aromatic carbocycles. The van der Waals surface area contributed by atoms with Crippen LogP contribution in [0.3, 0.4) is 0 Å². The average Bonchev–Trinajstić information content (AvgIpc) is 2.33. The van der Waals surface area contributed by atoms with Crippen LogP contribution >= 0.6 is 0 Å². The SMILES string of the molecule is [N-]=[N+]=N[C@@H]1CCCC[C@H]1Nc1ccccc1. The van der Waals surface area contributed by atoms with Crippen molar-refractivity contribution in [3.8, 4) is 0 Å². The highest BCUT2D eigenvalue weighted by atomic mass is 15.2. The van der Waals surface area contributed by atoms with E-state index in [4.69, 9.17) is 5.53 Å². The molecule has 1 aliphatic rings. The summed E-state index contributed by atoms with van der Waals surface area (Å²) in [6, 6.07) is 10.5. The van der Waals surface area contributed by atoms with Crippen molar-refractivity contribution in [3.63, 3.8) is 0 Å². The van der Waals surface area contributed by atoms with E-state index in [9.17, 15) is 0 Å². The third-order valence-electron chi connectivity index (χ3n) is 3.06. The topological polar surface area (TPSA) is 60.8 Å². The van der Waals surface area contributed by atoms with E-state index in [-0.39, 0.29) is 12.1 Å². The Hall–Kier alpha value is -1.67. The van der Waals surface area contributed by atoms with Crippen LogP contribution in [0.15, 0.2) is 35.4 Å². The minimum atomic E-state index is 0.0963. The quantitative estimate of drug-likeness (QED) is 0.467.